The minimum absolute atomic E-state index is 0.00856. The van der Waals surface area contributed by atoms with Crippen LogP contribution in [0.5, 0.6) is 11.5 Å². The van der Waals surface area contributed by atoms with Crippen LogP contribution in [0.1, 0.15) is 42.2 Å². The third-order valence-electron chi connectivity index (χ3n) is 4.78. The molecular formula is C22H27N3O3S. The Hall–Kier alpha value is -2.80. The van der Waals surface area contributed by atoms with Gasteiger partial charge in [0.1, 0.15) is 17.1 Å². The molecule has 2 N–H and O–H groups in total. The predicted molar refractivity (Wildman–Crippen MR) is 119 cm³/mol. The second kappa shape index (κ2) is 8.29. The van der Waals surface area contributed by atoms with E-state index >= 15 is 0 Å². The zero-order valence-electron chi connectivity index (χ0n) is 17.4. The van der Waals surface area contributed by atoms with Crippen LogP contribution in [0.2, 0.25) is 0 Å². The van der Waals surface area contributed by atoms with Crippen molar-refractivity contribution < 1.29 is 14.3 Å². The summed E-state index contributed by atoms with van der Waals surface area (Å²) in [4.78, 5) is 13.6. The molecule has 1 aliphatic heterocycles. The van der Waals surface area contributed by atoms with Gasteiger partial charge in [0, 0.05) is 43.4 Å². The first-order valence-corrected chi connectivity index (χ1v) is 9.85. The molecule has 0 unspecified atom stereocenters. The fourth-order valence-corrected chi connectivity index (χ4v) is 3.63. The SMILES string of the molecule is COc1ccc2c(c1)OC(C)(C)C[C@H]2NC(=S)Nc1ccc(C(=O)N(C)C)cc1. The van der Waals surface area contributed by atoms with Crippen LogP contribution in [-0.4, -0.2) is 42.7 Å². The number of ether oxygens (including phenoxy) is 2. The molecule has 1 aliphatic rings. The summed E-state index contributed by atoms with van der Waals surface area (Å²) in [5, 5.41) is 7.11. The van der Waals surface area contributed by atoms with Crippen LogP contribution >= 0.6 is 12.2 Å². The molecule has 0 radical (unpaired) electrons. The standard InChI is InChI=1S/C22H27N3O3S/c1-22(2)13-18(17-11-10-16(27-5)12-19(17)28-22)24-21(29)23-15-8-6-14(7-9-15)20(26)25(3)4/h6-12,18H,13H2,1-5H3,(H2,23,24,29)/t18-/m1/s1. The van der Waals surface area contributed by atoms with E-state index in [9.17, 15) is 4.79 Å². The van der Waals surface area contributed by atoms with Gasteiger partial charge in [-0.25, -0.2) is 0 Å². The number of carbonyl (C=O) groups excluding carboxylic acids is 1. The Balaban J connectivity index is 1.71. The first kappa shape index (κ1) is 20.9. The summed E-state index contributed by atoms with van der Waals surface area (Å²) in [7, 11) is 5.11. The van der Waals surface area contributed by atoms with Crippen LogP contribution in [0.3, 0.4) is 0 Å². The van der Waals surface area contributed by atoms with Crippen molar-refractivity contribution in [2.75, 3.05) is 26.5 Å². The Morgan fingerprint density at radius 3 is 2.52 bits per heavy atom. The van der Waals surface area contributed by atoms with E-state index in [-0.39, 0.29) is 17.6 Å². The number of hydrogen-bond donors (Lipinski definition) is 2. The number of carbonyl (C=O) groups is 1. The highest BCUT2D eigenvalue weighted by molar-refractivity contribution is 7.80. The molecule has 0 bridgehead atoms. The third kappa shape index (κ3) is 4.98. The lowest BCUT2D eigenvalue weighted by Crippen LogP contribution is -2.42. The Morgan fingerprint density at radius 1 is 1.21 bits per heavy atom. The first-order valence-electron chi connectivity index (χ1n) is 9.45. The lowest BCUT2D eigenvalue weighted by molar-refractivity contribution is 0.0693. The van der Waals surface area contributed by atoms with Crippen LogP contribution in [0.15, 0.2) is 42.5 Å². The molecule has 0 spiro atoms. The average Bonchev–Trinajstić information content (AvgIpc) is 2.66. The molecule has 7 heteroatoms. The Bertz CT molecular complexity index is 910. The van der Waals surface area contributed by atoms with Crippen LogP contribution in [0, 0.1) is 0 Å². The van der Waals surface area contributed by atoms with Crippen molar-refractivity contribution in [1.82, 2.24) is 10.2 Å². The van der Waals surface area contributed by atoms with Crippen molar-refractivity contribution in [2.45, 2.75) is 31.9 Å². The molecule has 2 aromatic carbocycles. The van der Waals surface area contributed by atoms with E-state index in [0.29, 0.717) is 10.7 Å². The number of thiocarbonyl (C=S) groups is 1. The maximum absolute atomic E-state index is 12.0. The van der Waals surface area contributed by atoms with E-state index in [0.717, 1.165) is 29.2 Å². The van der Waals surface area contributed by atoms with E-state index in [4.69, 9.17) is 21.7 Å². The van der Waals surface area contributed by atoms with Crippen molar-refractivity contribution in [3.8, 4) is 11.5 Å². The van der Waals surface area contributed by atoms with Gasteiger partial charge in [-0.05, 0) is 62.5 Å². The summed E-state index contributed by atoms with van der Waals surface area (Å²) in [6.07, 6.45) is 0.768. The maximum Gasteiger partial charge on any atom is 0.253 e. The molecule has 2 aromatic rings. The Labute approximate surface area is 177 Å². The predicted octanol–water partition coefficient (Wildman–Crippen LogP) is 3.99. The largest absolute Gasteiger partial charge is 0.497 e. The monoisotopic (exact) mass is 413 g/mol. The number of hydrogen-bond acceptors (Lipinski definition) is 4. The second-order valence-corrected chi connectivity index (χ2v) is 8.31. The van der Waals surface area contributed by atoms with E-state index in [2.05, 4.69) is 24.5 Å². The van der Waals surface area contributed by atoms with Gasteiger partial charge in [-0.3, -0.25) is 4.79 Å². The van der Waals surface area contributed by atoms with E-state index in [1.165, 1.54) is 0 Å². The van der Waals surface area contributed by atoms with Gasteiger partial charge in [-0.15, -0.1) is 0 Å². The van der Waals surface area contributed by atoms with Crippen molar-refractivity contribution in [3.05, 3.63) is 53.6 Å². The van der Waals surface area contributed by atoms with Gasteiger partial charge in [-0.1, -0.05) is 0 Å². The second-order valence-electron chi connectivity index (χ2n) is 7.90. The number of rotatable bonds is 4. The van der Waals surface area contributed by atoms with Gasteiger partial charge in [0.2, 0.25) is 0 Å². The maximum atomic E-state index is 12.0. The van der Waals surface area contributed by atoms with Crippen LogP contribution in [-0.2, 0) is 0 Å². The highest BCUT2D eigenvalue weighted by Crippen LogP contribution is 2.41. The molecule has 0 fully saturated rings. The normalized spacial score (nSPS) is 16.8. The molecule has 1 amide bonds. The molecule has 0 aromatic heterocycles. The molecule has 6 nitrogen and oxygen atoms in total. The molecule has 0 saturated heterocycles. The number of anilines is 1. The summed E-state index contributed by atoms with van der Waals surface area (Å²) < 4.78 is 11.4. The summed E-state index contributed by atoms with van der Waals surface area (Å²) in [5.41, 5.74) is 2.16. The zero-order chi connectivity index (χ0) is 21.2. The molecule has 3 rings (SSSR count). The minimum atomic E-state index is -0.333. The van der Waals surface area contributed by atoms with Crippen molar-refractivity contribution in [2.24, 2.45) is 0 Å². The van der Waals surface area contributed by atoms with Gasteiger partial charge in [0.05, 0.1) is 13.2 Å². The van der Waals surface area contributed by atoms with Gasteiger partial charge >= 0.3 is 0 Å². The number of fused-ring (bicyclic) bond motifs is 1. The summed E-state index contributed by atoms with van der Waals surface area (Å²) in [6, 6.07) is 13.1. The molecule has 0 aliphatic carbocycles. The number of nitrogens with one attached hydrogen (secondary N) is 2. The molecular weight excluding hydrogens is 386 g/mol. The lowest BCUT2D eigenvalue weighted by Gasteiger charge is -2.38. The quantitative estimate of drug-likeness (QED) is 0.739. The smallest absolute Gasteiger partial charge is 0.253 e. The lowest BCUT2D eigenvalue weighted by atomic mass is 9.89. The minimum Gasteiger partial charge on any atom is -0.497 e. The van der Waals surface area contributed by atoms with Gasteiger partial charge < -0.3 is 25.0 Å². The molecule has 29 heavy (non-hydrogen) atoms. The topological polar surface area (TPSA) is 62.8 Å². The third-order valence-corrected chi connectivity index (χ3v) is 5.00. The molecule has 1 heterocycles. The van der Waals surface area contributed by atoms with Crippen LogP contribution in [0.25, 0.3) is 0 Å². The Morgan fingerprint density at radius 2 is 1.90 bits per heavy atom. The van der Waals surface area contributed by atoms with Gasteiger partial charge in [0.15, 0.2) is 5.11 Å². The highest BCUT2D eigenvalue weighted by Gasteiger charge is 2.34. The van der Waals surface area contributed by atoms with E-state index in [1.807, 2.05) is 30.3 Å². The van der Waals surface area contributed by atoms with E-state index < -0.39 is 0 Å². The molecule has 0 saturated carbocycles. The molecule has 1 atom stereocenters. The average molecular weight is 414 g/mol. The summed E-state index contributed by atoms with van der Waals surface area (Å²) in [6.45, 7) is 4.11. The van der Waals surface area contributed by atoms with Crippen molar-refractivity contribution in [3.63, 3.8) is 0 Å². The van der Waals surface area contributed by atoms with Gasteiger partial charge in [0.25, 0.3) is 5.91 Å². The van der Waals surface area contributed by atoms with Crippen molar-refractivity contribution >= 4 is 28.9 Å². The fourth-order valence-electron chi connectivity index (χ4n) is 3.37. The zero-order valence-corrected chi connectivity index (χ0v) is 18.2. The highest BCUT2D eigenvalue weighted by atomic mass is 32.1. The number of benzene rings is 2. The number of amides is 1. The molecule has 154 valence electrons. The number of methoxy groups -OCH3 is 1. The van der Waals surface area contributed by atoms with Crippen LogP contribution in [0.4, 0.5) is 5.69 Å². The first-order chi connectivity index (χ1) is 13.7. The summed E-state index contributed by atoms with van der Waals surface area (Å²) >= 11 is 5.53. The van der Waals surface area contributed by atoms with Crippen molar-refractivity contribution in [1.29, 1.82) is 0 Å². The summed E-state index contributed by atoms with van der Waals surface area (Å²) in [5.74, 6) is 1.52. The number of nitrogens with zero attached hydrogens (tertiary/aromatic N) is 1. The van der Waals surface area contributed by atoms with E-state index in [1.54, 1.807) is 38.2 Å². The van der Waals surface area contributed by atoms with Gasteiger partial charge in [-0.2, -0.15) is 0 Å². The van der Waals surface area contributed by atoms with Crippen LogP contribution < -0.4 is 20.1 Å². The fraction of sp³-hybridized carbons (Fsp3) is 0.364. The Kier molecular flexibility index (Phi) is 5.98.